The number of hydrogen-bond acceptors (Lipinski definition) is 2. The molecular weight excluding hydrogens is 257 g/mol. The monoisotopic (exact) mass is 266 g/mol. The van der Waals surface area contributed by atoms with Crippen LogP contribution in [0.4, 0.5) is 13.2 Å². The SMILES string of the molecule is COc1cc(C(=O)c2c(F)cccc2F)ccc1F. The van der Waals surface area contributed by atoms with Crippen molar-refractivity contribution in [3.05, 3.63) is 65.0 Å². The Bertz CT molecular complexity index is 618. The first-order chi connectivity index (χ1) is 9.04. The van der Waals surface area contributed by atoms with E-state index in [-0.39, 0.29) is 11.3 Å². The second-order valence-corrected chi connectivity index (χ2v) is 3.78. The molecule has 0 aliphatic carbocycles. The Labute approximate surface area is 107 Å². The quantitative estimate of drug-likeness (QED) is 0.796. The number of carbonyl (C=O) groups excluding carboxylic acids is 1. The molecule has 0 unspecified atom stereocenters. The summed E-state index contributed by atoms with van der Waals surface area (Å²) in [6.07, 6.45) is 0. The average Bonchev–Trinajstić information content (AvgIpc) is 2.39. The van der Waals surface area contributed by atoms with Crippen molar-refractivity contribution in [2.24, 2.45) is 0 Å². The summed E-state index contributed by atoms with van der Waals surface area (Å²) >= 11 is 0. The first kappa shape index (κ1) is 13.1. The van der Waals surface area contributed by atoms with Crippen molar-refractivity contribution in [1.29, 1.82) is 0 Å². The number of rotatable bonds is 3. The number of ketones is 1. The van der Waals surface area contributed by atoms with Gasteiger partial charge in [-0.15, -0.1) is 0 Å². The van der Waals surface area contributed by atoms with Gasteiger partial charge in [0, 0.05) is 5.56 Å². The van der Waals surface area contributed by atoms with Gasteiger partial charge in [-0.2, -0.15) is 0 Å². The van der Waals surface area contributed by atoms with Gasteiger partial charge in [0.2, 0.25) is 0 Å². The van der Waals surface area contributed by atoms with E-state index < -0.39 is 28.8 Å². The van der Waals surface area contributed by atoms with Gasteiger partial charge in [0.1, 0.15) is 11.6 Å². The van der Waals surface area contributed by atoms with Crippen LogP contribution in [0.2, 0.25) is 0 Å². The minimum absolute atomic E-state index is 0.0535. The van der Waals surface area contributed by atoms with Crippen LogP contribution in [0.25, 0.3) is 0 Å². The largest absolute Gasteiger partial charge is 0.494 e. The second-order valence-electron chi connectivity index (χ2n) is 3.78. The maximum absolute atomic E-state index is 13.5. The molecule has 98 valence electrons. The third kappa shape index (κ3) is 2.45. The molecule has 0 aliphatic heterocycles. The molecule has 0 aliphatic rings. The number of hydrogen-bond donors (Lipinski definition) is 0. The molecule has 0 heterocycles. The molecule has 2 aromatic carbocycles. The smallest absolute Gasteiger partial charge is 0.199 e. The van der Waals surface area contributed by atoms with E-state index in [2.05, 4.69) is 0 Å². The topological polar surface area (TPSA) is 26.3 Å². The highest BCUT2D eigenvalue weighted by Gasteiger charge is 2.19. The molecule has 0 amide bonds. The Hall–Kier alpha value is -2.30. The minimum atomic E-state index is -0.965. The number of benzene rings is 2. The summed E-state index contributed by atoms with van der Waals surface area (Å²) in [5, 5.41) is 0. The van der Waals surface area contributed by atoms with E-state index in [9.17, 15) is 18.0 Å². The number of methoxy groups -OCH3 is 1. The predicted octanol–water partition coefficient (Wildman–Crippen LogP) is 3.34. The lowest BCUT2D eigenvalue weighted by molar-refractivity contribution is 0.103. The van der Waals surface area contributed by atoms with Crippen LogP contribution in [0.15, 0.2) is 36.4 Å². The number of halogens is 3. The maximum atomic E-state index is 13.5. The summed E-state index contributed by atoms with van der Waals surface area (Å²) in [6.45, 7) is 0. The molecule has 0 saturated carbocycles. The van der Waals surface area contributed by atoms with Crippen molar-refractivity contribution in [2.45, 2.75) is 0 Å². The first-order valence-electron chi connectivity index (χ1n) is 5.37. The van der Waals surface area contributed by atoms with Crippen molar-refractivity contribution in [3.63, 3.8) is 0 Å². The highest BCUT2D eigenvalue weighted by Crippen LogP contribution is 2.22. The van der Waals surface area contributed by atoms with Crippen LogP contribution >= 0.6 is 0 Å². The van der Waals surface area contributed by atoms with E-state index >= 15 is 0 Å². The zero-order chi connectivity index (χ0) is 14.0. The Kier molecular flexibility index (Phi) is 3.55. The fourth-order valence-electron chi connectivity index (χ4n) is 1.66. The zero-order valence-electron chi connectivity index (χ0n) is 9.91. The normalized spacial score (nSPS) is 10.3. The molecule has 2 aromatic rings. The Morgan fingerprint density at radius 2 is 1.63 bits per heavy atom. The first-order valence-corrected chi connectivity index (χ1v) is 5.37. The summed E-state index contributed by atoms with van der Waals surface area (Å²) in [7, 11) is 1.23. The maximum Gasteiger partial charge on any atom is 0.199 e. The van der Waals surface area contributed by atoms with Crippen LogP contribution in [0.5, 0.6) is 5.75 Å². The summed E-state index contributed by atoms with van der Waals surface area (Å²) in [5.41, 5.74) is -0.724. The molecule has 0 fully saturated rings. The average molecular weight is 266 g/mol. The molecule has 2 rings (SSSR count). The van der Waals surface area contributed by atoms with E-state index in [1.54, 1.807) is 0 Å². The third-order valence-electron chi connectivity index (χ3n) is 2.60. The highest BCUT2D eigenvalue weighted by molar-refractivity contribution is 6.09. The van der Waals surface area contributed by atoms with Crippen LogP contribution in [0.1, 0.15) is 15.9 Å². The van der Waals surface area contributed by atoms with E-state index in [0.717, 1.165) is 36.4 Å². The zero-order valence-corrected chi connectivity index (χ0v) is 9.91. The highest BCUT2D eigenvalue weighted by atomic mass is 19.1. The minimum Gasteiger partial charge on any atom is -0.494 e. The second kappa shape index (κ2) is 5.14. The molecule has 0 aromatic heterocycles. The van der Waals surface area contributed by atoms with Gasteiger partial charge in [0.25, 0.3) is 0 Å². The molecule has 5 heteroatoms. The van der Waals surface area contributed by atoms with E-state index in [1.165, 1.54) is 7.11 Å². The van der Waals surface area contributed by atoms with Crippen LogP contribution in [-0.4, -0.2) is 12.9 Å². The molecule has 0 N–H and O–H groups in total. The summed E-state index contributed by atoms with van der Waals surface area (Å²) in [4.78, 5) is 12.0. The van der Waals surface area contributed by atoms with E-state index in [4.69, 9.17) is 4.74 Å². The van der Waals surface area contributed by atoms with Gasteiger partial charge in [0.15, 0.2) is 17.3 Å². The van der Waals surface area contributed by atoms with Gasteiger partial charge in [0.05, 0.1) is 12.7 Å². The van der Waals surface area contributed by atoms with E-state index in [1.807, 2.05) is 0 Å². The van der Waals surface area contributed by atoms with Gasteiger partial charge in [-0.05, 0) is 30.3 Å². The standard InChI is InChI=1S/C14H9F3O2/c1-19-12-7-8(5-6-9(12)15)14(18)13-10(16)3-2-4-11(13)17/h2-7H,1H3. The van der Waals surface area contributed by atoms with Crippen molar-refractivity contribution < 1.29 is 22.7 Å². The Morgan fingerprint density at radius 3 is 2.21 bits per heavy atom. The molecule has 19 heavy (non-hydrogen) atoms. The summed E-state index contributed by atoms with van der Waals surface area (Å²) < 4.78 is 44.9. The molecule has 0 bridgehead atoms. The molecule has 0 radical (unpaired) electrons. The lowest BCUT2D eigenvalue weighted by Crippen LogP contribution is -2.08. The van der Waals surface area contributed by atoms with Gasteiger partial charge < -0.3 is 4.74 Å². The molecule has 0 atom stereocenters. The van der Waals surface area contributed by atoms with Gasteiger partial charge >= 0.3 is 0 Å². The fourth-order valence-corrected chi connectivity index (χ4v) is 1.66. The van der Waals surface area contributed by atoms with Crippen LogP contribution < -0.4 is 4.74 Å². The lowest BCUT2D eigenvalue weighted by Gasteiger charge is -2.06. The molecule has 2 nitrogen and oxygen atoms in total. The van der Waals surface area contributed by atoms with Crippen molar-refractivity contribution in [2.75, 3.05) is 7.11 Å². The number of carbonyl (C=O) groups is 1. The summed E-state index contributed by atoms with van der Waals surface area (Å²) in [5.74, 6) is -3.62. The number of ether oxygens (including phenoxy) is 1. The van der Waals surface area contributed by atoms with Gasteiger partial charge in [-0.3, -0.25) is 4.79 Å². The Morgan fingerprint density at radius 1 is 1.00 bits per heavy atom. The van der Waals surface area contributed by atoms with Gasteiger partial charge in [-0.25, -0.2) is 13.2 Å². The van der Waals surface area contributed by atoms with Crippen molar-refractivity contribution in [1.82, 2.24) is 0 Å². The third-order valence-corrected chi connectivity index (χ3v) is 2.60. The molecular formula is C14H9F3O2. The van der Waals surface area contributed by atoms with Crippen LogP contribution in [0, 0.1) is 17.5 Å². The molecule has 0 spiro atoms. The van der Waals surface area contributed by atoms with E-state index in [0.29, 0.717) is 0 Å². The predicted molar refractivity (Wildman–Crippen MR) is 62.7 cm³/mol. The van der Waals surface area contributed by atoms with Crippen molar-refractivity contribution >= 4 is 5.78 Å². The fraction of sp³-hybridized carbons (Fsp3) is 0.0714. The van der Waals surface area contributed by atoms with Crippen LogP contribution in [0.3, 0.4) is 0 Å². The molecule has 0 saturated heterocycles. The van der Waals surface area contributed by atoms with Crippen LogP contribution in [-0.2, 0) is 0 Å². The van der Waals surface area contributed by atoms with Crippen molar-refractivity contribution in [3.8, 4) is 5.75 Å². The summed E-state index contributed by atoms with van der Waals surface area (Å²) in [6, 6.07) is 6.38. The van der Waals surface area contributed by atoms with Gasteiger partial charge in [-0.1, -0.05) is 6.07 Å². The lowest BCUT2D eigenvalue weighted by atomic mass is 10.0. The Balaban J connectivity index is 2.50.